The molecule has 0 unspecified atom stereocenters. The number of aryl methyl sites for hydroxylation is 2. The van der Waals surface area contributed by atoms with Crippen molar-refractivity contribution in [2.75, 3.05) is 11.4 Å². The van der Waals surface area contributed by atoms with Crippen LogP contribution in [-0.2, 0) is 20.1 Å². The molecule has 5 rings (SSSR count). The second-order valence-corrected chi connectivity index (χ2v) is 7.95. The predicted octanol–water partition coefficient (Wildman–Crippen LogP) is 3.64. The number of benzene rings is 2. The van der Waals surface area contributed by atoms with Gasteiger partial charge < -0.3 is 14.2 Å². The van der Waals surface area contributed by atoms with Crippen LogP contribution in [0.2, 0.25) is 0 Å². The maximum atomic E-state index is 13.1. The van der Waals surface area contributed by atoms with Gasteiger partial charge in [0.2, 0.25) is 5.95 Å². The SMILES string of the molecule is CCCn1c(=O)c2c(nc3n2CCCN3c2ccc(Oc3ccccc3)cc2)n(C)c1=O. The molecule has 0 spiro atoms. The fourth-order valence-corrected chi connectivity index (χ4v) is 4.25. The van der Waals surface area contributed by atoms with Crippen molar-refractivity contribution < 1.29 is 4.74 Å². The molecule has 2 aromatic carbocycles. The summed E-state index contributed by atoms with van der Waals surface area (Å²) in [5.41, 5.74) is 1.29. The van der Waals surface area contributed by atoms with Crippen LogP contribution in [0.15, 0.2) is 64.2 Å². The van der Waals surface area contributed by atoms with Crippen LogP contribution in [0, 0.1) is 0 Å². The first kappa shape index (κ1) is 20.1. The third-order valence-corrected chi connectivity index (χ3v) is 5.79. The molecule has 164 valence electrons. The molecule has 1 aliphatic heterocycles. The van der Waals surface area contributed by atoms with Crippen molar-refractivity contribution in [1.29, 1.82) is 0 Å². The van der Waals surface area contributed by atoms with E-state index in [1.807, 2.05) is 66.1 Å². The summed E-state index contributed by atoms with van der Waals surface area (Å²) < 4.78 is 10.6. The molecule has 32 heavy (non-hydrogen) atoms. The van der Waals surface area contributed by atoms with E-state index in [4.69, 9.17) is 9.72 Å². The number of hydrogen-bond acceptors (Lipinski definition) is 5. The van der Waals surface area contributed by atoms with Gasteiger partial charge in [0, 0.05) is 32.4 Å². The van der Waals surface area contributed by atoms with Crippen LogP contribution >= 0.6 is 0 Å². The lowest BCUT2D eigenvalue weighted by atomic mass is 10.2. The van der Waals surface area contributed by atoms with E-state index in [0.717, 1.165) is 30.2 Å². The lowest BCUT2D eigenvalue weighted by molar-refractivity contribution is 0.482. The van der Waals surface area contributed by atoms with Crippen LogP contribution in [-0.4, -0.2) is 25.2 Å². The van der Waals surface area contributed by atoms with Gasteiger partial charge in [0.1, 0.15) is 11.5 Å². The highest BCUT2D eigenvalue weighted by atomic mass is 16.5. The van der Waals surface area contributed by atoms with E-state index in [0.29, 0.717) is 36.6 Å². The summed E-state index contributed by atoms with van der Waals surface area (Å²) in [6.45, 7) is 3.82. The molecule has 0 saturated heterocycles. The number of para-hydroxylation sites is 1. The lowest BCUT2D eigenvalue weighted by Gasteiger charge is -2.29. The highest BCUT2D eigenvalue weighted by Gasteiger charge is 2.26. The van der Waals surface area contributed by atoms with E-state index in [2.05, 4.69) is 4.90 Å². The molecule has 0 aliphatic carbocycles. The monoisotopic (exact) mass is 431 g/mol. The zero-order valence-electron chi connectivity index (χ0n) is 18.2. The Morgan fingerprint density at radius 3 is 2.41 bits per heavy atom. The molecule has 1 aliphatic rings. The average Bonchev–Trinajstić information content (AvgIpc) is 3.22. The number of hydrogen-bond donors (Lipinski definition) is 0. The number of rotatable bonds is 5. The number of nitrogens with zero attached hydrogens (tertiary/aromatic N) is 5. The van der Waals surface area contributed by atoms with Gasteiger partial charge in [-0.3, -0.25) is 13.9 Å². The van der Waals surface area contributed by atoms with Crippen molar-refractivity contribution in [2.45, 2.75) is 32.9 Å². The molecule has 3 heterocycles. The van der Waals surface area contributed by atoms with Crippen LogP contribution in [0.25, 0.3) is 11.2 Å². The quantitative estimate of drug-likeness (QED) is 0.482. The van der Waals surface area contributed by atoms with Gasteiger partial charge in [-0.2, -0.15) is 4.98 Å². The normalized spacial score (nSPS) is 13.4. The van der Waals surface area contributed by atoms with Gasteiger partial charge >= 0.3 is 5.69 Å². The summed E-state index contributed by atoms with van der Waals surface area (Å²) in [4.78, 5) is 32.7. The van der Waals surface area contributed by atoms with Crippen molar-refractivity contribution in [3.8, 4) is 11.5 Å². The molecule has 8 heteroatoms. The molecule has 0 bridgehead atoms. The molecular weight excluding hydrogens is 406 g/mol. The first-order chi connectivity index (χ1) is 15.6. The van der Waals surface area contributed by atoms with Gasteiger partial charge in [0.05, 0.1) is 0 Å². The van der Waals surface area contributed by atoms with Crippen LogP contribution in [0.4, 0.5) is 11.6 Å². The Kier molecular flexibility index (Phi) is 5.05. The van der Waals surface area contributed by atoms with E-state index in [9.17, 15) is 9.59 Å². The Balaban J connectivity index is 1.55. The predicted molar refractivity (Wildman–Crippen MR) is 124 cm³/mol. The largest absolute Gasteiger partial charge is 0.457 e. The summed E-state index contributed by atoms with van der Waals surface area (Å²) in [7, 11) is 1.68. The van der Waals surface area contributed by atoms with E-state index in [1.165, 1.54) is 9.13 Å². The van der Waals surface area contributed by atoms with E-state index < -0.39 is 0 Å². The summed E-state index contributed by atoms with van der Waals surface area (Å²) in [5, 5.41) is 0. The van der Waals surface area contributed by atoms with Crippen molar-refractivity contribution in [3.05, 3.63) is 75.4 Å². The molecule has 0 amide bonds. The number of fused-ring (bicyclic) bond motifs is 3. The summed E-state index contributed by atoms with van der Waals surface area (Å²) in [5.74, 6) is 2.21. The van der Waals surface area contributed by atoms with Gasteiger partial charge in [-0.05, 0) is 49.2 Å². The second kappa shape index (κ2) is 8.03. The first-order valence-corrected chi connectivity index (χ1v) is 10.9. The van der Waals surface area contributed by atoms with Gasteiger partial charge in [0.15, 0.2) is 11.2 Å². The highest BCUT2D eigenvalue weighted by Crippen LogP contribution is 2.32. The number of imidazole rings is 1. The molecule has 0 radical (unpaired) electrons. The minimum atomic E-state index is -0.325. The van der Waals surface area contributed by atoms with Gasteiger partial charge in [-0.25, -0.2) is 4.79 Å². The Morgan fingerprint density at radius 2 is 1.69 bits per heavy atom. The lowest BCUT2D eigenvalue weighted by Crippen LogP contribution is -2.39. The second-order valence-electron chi connectivity index (χ2n) is 7.95. The fourth-order valence-electron chi connectivity index (χ4n) is 4.25. The molecule has 0 saturated carbocycles. The zero-order valence-corrected chi connectivity index (χ0v) is 18.2. The summed E-state index contributed by atoms with van der Waals surface area (Å²) in [6, 6.07) is 17.5. The highest BCUT2D eigenvalue weighted by molar-refractivity contribution is 5.77. The van der Waals surface area contributed by atoms with Crippen LogP contribution in [0.1, 0.15) is 19.8 Å². The topological polar surface area (TPSA) is 74.3 Å². The zero-order chi connectivity index (χ0) is 22.2. The molecule has 0 atom stereocenters. The Hall–Kier alpha value is -3.81. The fraction of sp³-hybridized carbons (Fsp3) is 0.292. The maximum absolute atomic E-state index is 13.1. The third-order valence-electron chi connectivity index (χ3n) is 5.79. The number of ether oxygens (including phenoxy) is 1. The summed E-state index contributed by atoms with van der Waals surface area (Å²) in [6.07, 6.45) is 1.59. The number of anilines is 2. The Labute approximate surface area is 184 Å². The third kappa shape index (κ3) is 3.28. The van der Waals surface area contributed by atoms with Gasteiger partial charge in [0.25, 0.3) is 5.56 Å². The molecule has 8 nitrogen and oxygen atoms in total. The minimum absolute atomic E-state index is 0.267. The van der Waals surface area contributed by atoms with Crippen molar-refractivity contribution >= 4 is 22.8 Å². The van der Waals surface area contributed by atoms with Crippen molar-refractivity contribution in [2.24, 2.45) is 7.05 Å². The smallest absolute Gasteiger partial charge is 0.332 e. The standard InChI is InChI=1S/C24H25N5O3/c1-3-14-29-22(30)20-21(26(2)24(29)31)25-23-27(15-7-16-28(20)23)17-10-12-19(13-11-17)32-18-8-5-4-6-9-18/h4-6,8-13H,3,7,14-16H2,1-2H3. The molecular formula is C24H25N5O3. The first-order valence-electron chi connectivity index (χ1n) is 10.9. The minimum Gasteiger partial charge on any atom is -0.457 e. The van der Waals surface area contributed by atoms with Gasteiger partial charge in [-0.15, -0.1) is 0 Å². The van der Waals surface area contributed by atoms with E-state index in [-0.39, 0.29) is 11.2 Å². The van der Waals surface area contributed by atoms with E-state index >= 15 is 0 Å². The van der Waals surface area contributed by atoms with E-state index in [1.54, 1.807) is 7.05 Å². The Morgan fingerprint density at radius 1 is 0.969 bits per heavy atom. The van der Waals surface area contributed by atoms with Crippen LogP contribution < -0.4 is 20.9 Å². The summed E-state index contributed by atoms with van der Waals surface area (Å²) >= 11 is 0. The molecule has 4 aromatic rings. The van der Waals surface area contributed by atoms with Gasteiger partial charge in [-0.1, -0.05) is 25.1 Å². The Bertz CT molecular complexity index is 1380. The maximum Gasteiger partial charge on any atom is 0.332 e. The number of aromatic nitrogens is 4. The molecule has 2 aromatic heterocycles. The van der Waals surface area contributed by atoms with Crippen LogP contribution in [0.5, 0.6) is 11.5 Å². The van der Waals surface area contributed by atoms with Crippen LogP contribution in [0.3, 0.4) is 0 Å². The van der Waals surface area contributed by atoms with Crippen molar-refractivity contribution in [1.82, 2.24) is 18.7 Å². The molecule has 0 fully saturated rings. The molecule has 0 N–H and O–H groups in total. The van der Waals surface area contributed by atoms with Crippen molar-refractivity contribution in [3.63, 3.8) is 0 Å². The average molecular weight is 431 g/mol.